The van der Waals surface area contributed by atoms with Crippen LogP contribution in [0.3, 0.4) is 0 Å². The van der Waals surface area contributed by atoms with Crippen molar-refractivity contribution < 1.29 is 5.11 Å². The van der Waals surface area contributed by atoms with Crippen molar-refractivity contribution in [3.8, 4) is 0 Å². The lowest BCUT2D eigenvalue weighted by molar-refractivity contribution is 0.0314. The molecule has 0 bridgehead atoms. The summed E-state index contributed by atoms with van der Waals surface area (Å²) in [5.74, 6) is 0.858. The van der Waals surface area contributed by atoms with Gasteiger partial charge in [0, 0.05) is 12.6 Å². The molecule has 19 heavy (non-hydrogen) atoms. The number of aliphatic hydroxyl groups excluding tert-OH is 1. The third kappa shape index (κ3) is 3.58. The lowest BCUT2D eigenvalue weighted by Gasteiger charge is -2.38. The summed E-state index contributed by atoms with van der Waals surface area (Å²) in [5.41, 5.74) is 1.04. The number of rotatable bonds is 7. The first-order valence-electron chi connectivity index (χ1n) is 7.73. The fraction of sp³-hybridized carbons (Fsp3) is 0.647. The number of nitrogens with zero attached hydrogens (tertiary/aromatic N) is 1. The summed E-state index contributed by atoms with van der Waals surface area (Å²) < 4.78 is 0. The molecular formula is C17H27NO. The van der Waals surface area contributed by atoms with Crippen molar-refractivity contribution in [2.24, 2.45) is 5.92 Å². The quantitative estimate of drug-likeness (QED) is 0.810. The predicted octanol–water partition coefficient (Wildman–Crippen LogP) is 3.62. The van der Waals surface area contributed by atoms with Crippen molar-refractivity contribution in [1.29, 1.82) is 0 Å². The first kappa shape index (κ1) is 14.5. The van der Waals surface area contributed by atoms with Gasteiger partial charge in [-0.05, 0) is 37.3 Å². The fourth-order valence-corrected chi connectivity index (χ4v) is 3.06. The molecule has 2 heteroatoms. The molecule has 2 nitrogen and oxygen atoms in total. The van der Waals surface area contributed by atoms with Gasteiger partial charge in [-0.15, -0.1) is 0 Å². The Morgan fingerprint density at radius 1 is 1.21 bits per heavy atom. The third-order valence-corrected chi connectivity index (χ3v) is 4.52. The van der Waals surface area contributed by atoms with Gasteiger partial charge >= 0.3 is 0 Å². The summed E-state index contributed by atoms with van der Waals surface area (Å²) in [6.45, 7) is 6.57. The number of likely N-dealkylation sites (N-methyl/N-ethyl adjacent to an activating group) is 1. The zero-order chi connectivity index (χ0) is 13.7. The van der Waals surface area contributed by atoms with Gasteiger partial charge in [0.2, 0.25) is 0 Å². The number of aliphatic hydroxyl groups is 1. The SMILES string of the molecule is CCC(C(O)c1ccccc1)N(CC)CC1CCC1. The maximum absolute atomic E-state index is 10.6. The van der Waals surface area contributed by atoms with Crippen molar-refractivity contribution in [2.45, 2.75) is 51.7 Å². The highest BCUT2D eigenvalue weighted by Crippen LogP contribution is 2.30. The predicted molar refractivity (Wildman–Crippen MR) is 80.1 cm³/mol. The van der Waals surface area contributed by atoms with Crippen LogP contribution < -0.4 is 0 Å². The van der Waals surface area contributed by atoms with E-state index in [1.165, 1.54) is 19.3 Å². The summed E-state index contributed by atoms with van der Waals surface area (Å²) in [5, 5.41) is 10.6. The van der Waals surface area contributed by atoms with Gasteiger partial charge in [-0.25, -0.2) is 0 Å². The highest BCUT2D eigenvalue weighted by molar-refractivity contribution is 5.18. The van der Waals surface area contributed by atoms with E-state index in [-0.39, 0.29) is 12.1 Å². The molecule has 0 saturated heterocycles. The summed E-state index contributed by atoms with van der Waals surface area (Å²) in [4.78, 5) is 2.47. The Kier molecular flexibility index (Phi) is 5.41. The van der Waals surface area contributed by atoms with E-state index < -0.39 is 0 Å². The van der Waals surface area contributed by atoms with Crippen LogP contribution in [0.15, 0.2) is 30.3 Å². The van der Waals surface area contributed by atoms with E-state index in [1.807, 2.05) is 30.3 Å². The first-order chi connectivity index (χ1) is 9.26. The molecule has 0 aromatic heterocycles. The van der Waals surface area contributed by atoms with E-state index in [4.69, 9.17) is 0 Å². The second-order valence-corrected chi connectivity index (χ2v) is 5.72. The number of hydrogen-bond acceptors (Lipinski definition) is 2. The molecule has 0 aliphatic heterocycles. The average Bonchev–Trinajstić information content (AvgIpc) is 2.41. The summed E-state index contributed by atoms with van der Waals surface area (Å²) in [6.07, 6.45) is 4.76. The van der Waals surface area contributed by atoms with Gasteiger partial charge in [-0.2, -0.15) is 0 Å². The Balaban J connectivity index is 2.03. The van der Waals surface area contributed by atoms with Crippen molar-refractivity contribution in [2.75, 3.05) is 13.1 Å². The normalized spacial score (nSPS) is 19.2. The average molecular weight is 261 g/mol. The number of benzene rings is 1. The Hall–Kier alpha value is -0.860. The molecule has 1 aliphatic rings. The van der Waals surface area contributed by atoms with Crippen LogP contribution in [0.1, 0.15) is 51.2 Å². The van der Waals surface area contributed by atoms with E-state index >= 15 is 0 Å². The van der Waals surface area contributed by atoms with Gasteiger partial charge in [0.15, 0.2) is 0 Å². The molecule has 0 spiro atoms. The minimum Gasteiger partial charge on any atom is -0.387 e. The van der Waals surface area contributed by atoms with Crippen molar-refractivity contribution in [3.63, 3.8) is 0 Å². The van der Waals surface area contributed by atoms with E-state index in [9.17, 15) is 5.11 Å². The highest BCUT2D eigenvalue weighted by Gasteiger charge is 2.28. The van der Waals surface area contributed by atoms with Crippen LogP contribution in [-0.4, -0.2) is 29.1 Å². The van der Waals surface area contributed by atoms with Crippen LogP contribution >= 0.6 is 0 Å². The minimum atomic E-state index is -0.369. The zero-order valence-electron chi connectivity index (χ0n) is 12.3. The molecule has 1 fully saturated rings. The Bertz CT molecular complexity index is 361. The maximum Gasteiger partial charge on any atom is 0.0945 e. The van der Waals surface area contributed by atoms with E-state index in [0.717, 1.165) is 31.0 Å². The summed E-state index contributed by atoms with van der Waals surface area (Å²) in [7, 11) is 0. The standard InChI is InChI=1S/C17H27NO/c1-3-16(17(19)15-11-6-5-7-12-15)18(4-2)13-14-9-8-10-14/h5-7,11-12,14,16-17,19H,3-4,8-10,13H2,1-2H3. The second-order valence-electron chi connectivity index (χ2n) is 5.72. The van der Waals surface area contributed by atoms with Crippen molar-refractivity contribution in [3.05, 3.63) is 35.9 Å². The molecule has 0 radical (unpaired) electrons. The largest absolute Gasteiger partial charge is 0.387 e. The van der Waals surface area contributed by atoms with Crippen LogP contribution in [0.25, 0.3) is 0 Å². The monoisotopic (exact) mass is 261 g/mol. The smallest absolute Gasteiger partial charge is 0.0945 e. The Morgan fingerprint density at radius 2 is 1.89 bits per heavy atom. The molecule has 1 saturated carbocycles. The topological polar surface area (TPSA) is 23.5 Å². The van der Waals surface area contributed by atoms with Crippen LogP contribution in [0, 0.1) is 5.92 Å². The van der Waals surface area contributed by atoms with E-state index in [0.29, 0.717) is 0 Å². The summed E-state index contributed by atoms with van der Waals surface area (Å²) >= 11 is 0. The molecule has 106 valence electrons. The molecule has 2 atom stereocenters. The lowest BCUT2D eigenvalue weighted by Crippen LogP contribution is -2.43. The maximum atomic E-state index is 10.6. The van der Waals surface area contributed by atoms with Crippen LogP contribution in [0.4, 0.5) is 0 Å². The molecule has 1 N–H and O–H groups in total. The van der Waals surface area contributed by atoms with Gasteiger partial charge in [-0.3, -0.25) is 4.90 Å². The molecule has 0 heterocycles. The van der Waals surface area contributed by atoms with E-state index in [1.54, 1.807) is 0 Å². The van der Waals surface area contributed by atoms with Crippen molar-refractivity contribution in [1.82, 2.24) is 4.90 Å². The third-order valence-electron chi connectivity index (χ3n) is 4.52. The van der Waals surface area contributed by atoms with Crippen LogP contribution in [0.5, 0.6) is 0 Å². The fourth-order valence-electron chi connectivity index (χ4n) is 3.06. The van der Waals surface area contributed by atoms with Crippen molar-refractivity contribution >= 4 is 0 Å². The molecule has 1 aliphatic carbocycles. The van der Waals surface area contributed by atoms with Gasteiger partial charge in [0.25, 0.3) is 0 Å². The van der Waals surface area contributed by atoms with Crippen LogP contribution in [0.2, 0.25) is 0 Å². The van der Waals surface area contributed by atoms with Gasteiger partial charge in [-0.1, -0.05) is 50.6 Å². The Labute approximate surface area is 117 Å². The molecule has 2 rings (SSSR count). The molecule has 1 aromatic rings. The minimum absolute atomic E-state index is 0.244. The molecule has 1 aromatic carbocycles. The molecule has 0 amide bonds. The second kappa shape index (κ2) is 7.06. The van der Waals surface area contributed by atoms with Gasteiger partial charge < -0.3 is 5.11 Å². The zero-order valence-corrected chi connectivity index (χ0v) is 12.3. The molecular weight excluding hydrogens is 234 g/mol. The highest BCUT2D eigenvalue weighted by atomic mass is 16.3. The Morgan fingerprint density at radius 3 is 2.37 bits per heavy atom. The van der Waals surface area contributed by atoms with Gasteiger partial charge in [0.05, 0.1) is 6.10 Å². The first-order valence-corrected chi connectivity index (χ1v) is 7.73. The summed E-state index contributed by atoms with van der Waals surface area (Å²) in [6, 6.07) is 10.3. The molecule has 2 unspecified atom stereocenters. The van der Waals surface area contributed by atoms with E-state index in [2.05, 4.69) is 18.7 Å². The lowest BCUT2D eigenvalue weighted by atomic mass is 9.84. The number of hydrogen-bond donors (Lipinski definition) is 1. The van der Waals surface area contributed by atoms with Crippen LogP contribution in [-0.2, 0) is 0 Å². The van der Waals surface area contributed by atoms with Gasteiger partial charge in [0.1, 0.15) is 0 Å².